The highest BCUT2D eigenvalue weighted by Gasteiger charge is 2.28. The molecule has 1 aromatic carbocycles. The van der Waals surface area contributed by atoms with Crippen molar-refractivity contribution in [1.82, 2.24) is 15.1 Å². The summed E-state index contributed by atoms with van der Waals surface area (Å²) in [7, 11) is 3.10. The van der Waals surface area contributed by atoms with Crippen LogP contribution in [0, 0.1) is 0 Å². The number of rotatable bonds is 12. The Bertz CT molecular complexity index is 744. The molecule has 0 fully saturated rings. The predicted octanol–water partition coefficient (Wildman–Crippen LogP) is 0.697. The largest absolute Gasteiger partial charge is 0.396 e. The van der Waals surface area contributed by atoms with Gasteiger partial charge in [0.05, 0.1) is 6.54 Å². The maximum Gasteiger partial charge on any atom is 0.246 e. The molecule has 0 aromatic heterocycles. The van der Waals surface area contributed by atoms with E-state index in [0.717, 1.165) is 5.56 Å². The lowest BCUT2D eigenvalue weighted by Gasteiger charge is -2.29. The van der Waals surface area contributed by atoms with Crippen LogP contribution in [0.25, 0.3) is 0 Å². The zero-order valence-electron chi connectivity index (χ0n) is 19.0. The Hall–Kier alpha value is -2.71. The van der Waals surface area contributed by atoms with Crippen LogP contribution in [0.3, 0.4) is 0 Å². The molecule has 31 heavy (non-hydrogen) atoms. The van der Waals surface area contributed by atoms with Crippen molar-refractivity contribution >= 4 is 17.7 Å². The SMILES string of the molecule is CN(CC(=O)N(C)[C@H](Cc1ccccc1)C(=O)NCCCO)C(=O)C=CCC(C)(C)N. The number of amides is 3. The topological polar surface area (TPSA) is 116 Å². The van der Waals surface area contributed by atoms with E-state index in [9.17, 15) is 14.4 Å². The van der Waals surface area contributed by atoms with Crippen LogP contribution in [-0.2, 0) is 20.8 Å². The van der Waals surface area contributed by atoms with Gasteiger partial charge in [0.1, 0.15) is 6.04 Å². The summed E-state index contributed by atoms with van der Waals surface area (Å²) in [4.78, 5) is 40.5. The fraction of sp³-hybridized carbons (Fsp3) is 0.522. The lowest BCUT2D eigenvalue weighted by atomic mass is 10.0. The quantitative estimate of drug-likeness (QED) is 0.332. The minimum atomic E-state index is -0.731. The van der Waals surface area contributed by atoms with E-state index in [4.69, 9.17) is 10.8 Å². The maximum atomic E-state index is 12.8. The molecule has 0 spiro atoms. The first-order valence-corrected chi connectivity index (χ1v) is 10.4. The summed E-state index contributed by atoms with van der Waals surface area (Å²) in [5, 5.41) is 11.7. The molecule has 1 rings (SSSR count). The van der Waals surface area contributed by atoms with E-state index in [1.165, 1.54) is 15.9 Å². The van der Waals surface area contributed by atoms with Crippen molar-refractivity contribution in [2.45, 2.75) is 44.7 Å². The number of carbonyl (C=O) groups excluding carboxylic acids is 3. The molecular weight excluding hydrogens is 396 g/mol. The Morgan fingerprint density at radius 3 is 2.42 bits per heavy atom. The zero-order valence-corrected chi connectivity index (χ0v) is 19.0. The van der Waals surface area contributed by atoms with Crippen LogP contribution >= 0.6 is 0 Å². The molecule has 8 heteroatoms. The third kappa shape index (κ3) is 10.2. The van der Waals surface area contributed by atoms with Crippen molar-refractivity contribution in [1.29, 1.82) is 0 Å². The Morgan fingerprint density at radius 1 is 1.19 bits per heavy atom. The van der Waals surface area contributed by atoms with Crippen LogP contribution in [0.4, 0.5) is 0 Å². The maximum absolute atomic E-state index is 12.8. The second-order valence-electron chi connectivity index (χ2n) is 8.37. The fourth-order valence-electron chi connectivity index (χ4n) is 2.81. The van der Waals surface area contributed by atoms with Gasteiger partial charge in [0.2, 0.25) is 17.7 Å². The average molecular weight is 433 g/mol. The van der Waals surface area contributed by atoms with Crippen molar-refractivity contribution in [2.24, 2.45) is 5.73 Å². The van der Waals surface area contributed by atoms with Gasteiger partial charge in [-0.15, -0.1) is 0 Å². The van der Waals surface area contributed by atoms with Crippen LogP contribution in [0.2, 0.25) is 0 Å². The Balaban J connectivity index is 2.81. The monoisotopic (exact) mass is 432 g/mol. The Labute approximate surface area is 185 Å². The number of nitrogens with one attached hydrogen (secondary N) is 1. The number of benzene rings is 1. The molecule has 0 saturated heterocycles. The molecule has 0 radical (unpaired) electrons. The van der Waals surface area contributed by atoms with E-state index in [0.29, 0.717) is 25.8 Å². The second kappa shape index (κ2) is 12.9. The summed E-state index contributed by atoms with van der Waals surface area (Å²) in [6, 6.07) is 8.69. The van der Waals surface area contributed by atoms with Gasteiger partial charge in [0, 0.05) is 39.2 Å². The van der Waals surface area contributed by atoms with Crippen LogP contribution < -0.4 is 11.1 Å². The third-order valence-electron chi connectivity index (χ3n) is 4.72. The highest BCUT2D eigenvalue weighted by Crippen LogP contribution is 2.10. The molecule has 0 aliphatic carbocycles. The van der Waals surface area contributed by atoms with Crippen molar-refractivity contribution < 1.29 is 19.5 Å². The zero-order chi connectivity index (χ0) is 23.4. The van der Waals surface area contributed by atoms with Crippen LogP contribution in [0.15, 0.2) is 42.5 Å². The molecule has 4 N–H and O–H groups in total. The molecule has 8 nitrogen and oxygen atoms in total. The number of hydrogen-bond acceptors (Lipinski definition) is 5. The molecule has 0 aliphatic heterocycles. The summed E-state index contributed by atoms with van der Waals surface area (Å²) < 4.78 is 0. The summed E-state index contributed by atoms with van der Waals surface area (Å²) in [6.45, 7) is 3.87. The van der Waals surface area contributed by atoms with Crippen LogP contribution in [0.5, 0.6) is 0 Å². The number of carbonyl (C=O) groups is 3. The Kier molecular flexibility index (Phi) is 10.9. The molecule has 3 amide bonds. The highest BCUT2D eigenvalue weighted by atomic mass is 16.3. The molecule has 0 aliphatic rings. The molecule has 1 atom stereocenters. The van der Waals surface area contributed by atoms with Crippen molar-refractivity contribution in [3.63, 3.8) is 0 Å². The normalized spacial score (nSPS) is 12.5. The first-order valence-electron chi connectivity index (χ1n) is 10.4. The third-order valence-corrected chi connectivity index (χ3v) is 4.72. The lowest BCUT2D eigenvalue weighted by Crippen LogP contribution is -2.51. The van der Waals surface area contributed by atoms with Gasteiger partial charge in [0.25, 0.3) is 0 Å². The van der Waals surface area contributed by atoms with Gasteiger partial charge in [-0.1, -0.05) is 36.4 Å². The summed E-state index contributed by atoms with van der Waals surface area (Å²) in [5.41, 5.74) is 6.40. The molecule has 0 unspecified atom stereocenters. The number of aliphatic hydroxyl groups is 1. The fourth-order valence-corrected chi connectivity index (χ4v) is 2.81. The molecule has 0 bridgehead atoms. The van der Waals surface area contributed by atoms with Gasteiger partial charge in [0.15, 0.2) is 0 Å². The number of nitrogens with zero attached hydrogens (tertiary/aromatic N) is 2. The standard InChI is InChI=1S/C23H36N4O4/c1-23(2,24)13-8-12-20(29)26(3)17-21(30)27(4)19(22(31)25-14-9-15-28)16-18-10-6-5-7-11-18/h5-8,10-12,19,28H,9,13-17,24H2,1-4H3,(H,25,31)/t19-/m1/s1. The average Bonchev–Trinajstić information content (AvgIpc) is 2.71. The van der Waals surface area contributed by atoms with Crippen molar-refractivity contribution in [3.05, 3.63) is 48.0 Å². The van der Waals surface area contributed by atoms with Gasteiger partial charge >= 0.3 is 0 Å². The first kappa shape index (κ1) is 26.3. The molecule has 1 aromatic rings. The number of nitrogens with two attached hydrogens (primary N) is 1. The number of likely N-dealkylation sites (N-methyl/N-ethyl adjacent to an activating group) is 2. The van der Waals surface area contributed by atoms with Gasteiger partial charge in [-0.2, -0.15) is 0 Å². The second-order valence-corrected chi connectivity index (χ2v) is 8.37. The van der Waals surface area contributed by atoms with Gasteiger partial charge in [-0.3, -0.25) is 14.4 Å². The van der Waals surface area contributed by atoms with Gasteiger partial charge in [-0.25, -0.2) is 0 Å². The van der Waals surface area contributed by atoms with E-state index in [-0.39, 0.29) is 30.9 Å². The van der Waals surface area contributed by atoms with E-state index >= 15 is 0 Å². The predicted molar refractivity (Wildman–Crippen MR) is 121 cm³/mol. The first-order chi connectivity index (χ1) is 14.5. The molecule has 172 valence electrons. The highest BCUT2D eigenvalue weighted by molar-refractivity contribution is 5.93. The smallest absolute Gasteiger partial charge is 0.246 e. The Morgan fingerprint density at radius 2 is 1.84 bits per heavy atom. The summed E-state index contributed by atoms with van der Waals surface area (Å²) >= 11 is 0. The van der Waals surface area contributed by atoms with E-state index in [1.54, 1.807) is 20.2 Å². The van der Waals surface area contributed by atoms with E-state index < -0.39 is 11.6 Å². The van der Waals surface area contributed by atoms with Crippen molar-refractivity contribution in [3.8, 4) is 0 Å². The summed E-state index contributed by atoms with van der Waals surface area (Å²) in [5.74, 6) is -0.952. The summed E-state index contributed by atoms with van der Waals surface area (Å²) in [6.07, 6.45) is 4.42. The van der Waals surface area contributed by atoms with Crippen LogP contribution in [-0.4, -0.2) is 78.0 Å². The minimum Gasteiger partial charge on any atom is -0.396 e. The lowest BCUT2D eigenvalue weighted by molar-refractivity contribution is -0.141. The van der Waals surface area contributed by atoms with Crippen LogP contribution in [0.1, 0.15) is 32.3 Å². The van der Waals surface area contributed by atoms with Crippen molar-refractivity contribution in [2.75, 3.05) is 33.8 Å². The van der Waals surface area contributed by atoms with Gasteiger partial charge < -0.3 is 26.0 Å². The van der Waals surface area contributed by atoms with E-state index in [1.807, 2.05) is 44.2 Å². The number of hydrogen-bond donors (Lipinski definition) is 3. The molecule has 0 saturated carbocycles. The number of aliphatic hydroxyl groups excluding tert-OH is 1. The minimum absolute atomic E-state index is 0.0276. The molecule has 0 heterocycles. The van der Waals surface area contributed by atoms with Gasteiger partial charge in [-0.05, 0) is 38.3 Å². The molecular formula is C23H36N4O4. The van der Waals surface area contributed by atoms with E-state index in [2.05, 4.69) is 5.32 Å².